The van der Waals surface area contributed by atoms with E-state index in [1.54, 1.807) is 23.1 Å². The normalized spacial score (nSPS) is 17.1. The first-order chi connectivity index (χ1) is 12.3. The number of nitrogens with zero attached hydrogens (tertiary/aromatic N) is 1. The van der Waals surface area contributed by atoms with Crippen molar-refractivity contribution in [2.24, 2.45) is 5.92 Å². The standard InChI is InChI=1S/C19H25NO6/c1-19(2,3)26-18(22)20-8-6-13(7-9-20)11-23-17(21)14-4-5-15-16(10-14)25-12-24-15/h4-5,10,13H,6-9,11-12H2,1-3H3. The molecular formula is C19H25NO6. The molecule has 1 aromatic carbocycles. The highest BCUT2D eigenvalue weighted by molar-refractivity contribution is 5.90. The van der Waals surface area contributed by atoms with Gasteiger partial charge < -0.3 is 23.8 Å². The summed E-state index contributed by atoms with van der Waals surface area (Å²) in [6.07, 6.45) is 1.29. The third kappa shape index (κ3) is 4.59. The van der Waals surface area contributed by atoms with Gasteiger partial charge in [0.25, 0.3) is 0 Å². The molecule has 26 heavy (non-hydrogen) atoms. The number of benzene rings is 1. The topological polar surface area (TPSA) is 74.3 Å². The monoisotopic (exact) mass is 363 g/mol. The number of hydrogen-bond acceptors (Lipinski definition) is 6. The van der Waals surface area contributed by atoms with Gasteiger partial charge in [0.1, 0.15) is 5.60 Å². The smallest absolute Gasteiger partial charge is 0.410 e. The van der Waals surface area contributed by atoms with E-state index in [2.05, 4.69) is 0 Å². The van der Waals surface area contributed by atoms with Crippen LogP contribution in [0.2, 0.25) is 0 Å². The molecule has 0 unspecified atom stereocenters. The van der Waals surface area contributed by atoms with E-state index >= 15 is 0 Å². The number of hydrogen-bond donors (Lipinski definition) is 0. The van der Waals surface area contributed by atoms with Gasteiger partial charge in [0.15, 0.2) is 11.5 Å². The second-order valence-electron chi connectivity index (χ2n) is 7.58. The second kappa shape index (κ2) is 7.43. The highest BCUT2D eigenvalue weighted by Crippen LogP contribution is 2.32. The predicted molar refractivity (Wildman–Crippen MR) is 93.4 cm³/mol. The van der Waals surface area contributed by atoms with E-state index in [0.29, 0.717) is 36.8 Å². The van der Waals surface area contributed by atoms with E-state index in [4.69, 9.17) is 18.9 Å². The van der Waals surface area contributed by atoms with E-state index in [9.17, 15) is 9.59 Å². The van der Waals surface area contributed by atoms with Gasteiger partial charge in [0.2, 0.25) is 6.79 Å². The minimum Gasteiger partial charge on any atom is -0.462 e. The Labute approximate surface area is 153 Å². The van der Waals surface area contributed by atoms with Gasteiger partial charge in [-0.3, -0.25) is 0 Å². The summed E-state index contributed by atoms with van der Waals surface area (Å²) in [5, 5.41) is 0. The second-order valence-corrected chi connectivity index (χ2v) is 7.58. The lowest BCUT2D eigenvalue weighted by molar-refractivity contribution is 0.0115. The summed E-state index contributed by atoms with van der Waals surface area (Å²) >= 11 is 0. The van der Waals surface area contributed by atoms with Crippen LogP contribution in [0, 0.1) is 5.92 Å². The number of ether oxygens (including phenoxy) is 4. The van der Waals surface area contributed by atoms with Gasteiger partial charge in [-0.05, 0) is 57.7 Å². The number of likely N-dealkylation sites (tertiary alicyclic amines) is 1. The van der Waals surface area contributed by atoms with Crippen molar-refractivity contribution < 1.29 is 28.5 Å². The largest absolute Gasteiger partial charge is 0.462 e. The molecule has 0 aliphatic carbocycles. The number of piperidine rings is 1. The molecule has 7 heteroatoms. The van der Waals surface area contributed by atoms with Crippen LogP contribution in [0.3, 0.4) is 0 Å². The summed E-state index contributed by atoms with van der Waals surface area (Å²) in [4.78, 5) is 26.0. The molecule has 1 fully saturated rings. The fourth-order valence-corrected chi connectivity index (χ4v) is 2.91. The molecule has 1 saturated heterocycles. The molecule has 3 rings (SSSR count). The van der Waals surface area contributed by atoms with Crippen molar-refractivity contribution in [3.63, 3.8) is 0 Å². The Balaban J connectivity index is 1.44. The van der Waals surface area contributed by atoms with Crippen LogP contribution in [-0.2, 0) is 9.47 Å². The number of carbonyl (C=O) groups is 2. The van der Waals surface area contributed by atoms with Gasteiger partial charge in [-0.15, -0.1) is 0 Å². The van der Waals surface area contributed by atoms with Gasteiger partial charge in [-0.2, -0.15) is 0 Å². The summed E-state index contributed by atoms with van der Waals surface area (Å²) in [6, 6.07) is 5.01. The van der Waals surface area contributed by atoms with Crippen molar-refractivity contribution in [2.45, 2.75) is 39.2 Å². The van der Waals surface area contributed by atoms with Crippen LogP contribution in [-0.4, -0.2) is 49.1 Å². The molecule has 2 aliphatic heterocycles. The van der Waals surface area contributed by atoms with Gasteiger partial charge >= 0.3 is 12.1 Å². The number of carbonyl (C=O) groups excluding carboxylic acids is 2. The molecule has 1 aromatic rings. The highest BCUT2D eigenvalue weighted by Gasteiger charge is 2.27. The Morgan fingerprint density at radius 1 is 1.15 bits per heavy atom. The molecular weight excluding hydrogens is 338 g/mol. The van der Waals surface area contributed by atoms with E-state index in [1.165, 1.54) is 0 Å². The van der Waals surface area contributed by atoms with Crippen molar-refractivity contribution in [2.75, 3.05) is 26.5 Å². The third-order valence-electron chi connectivity index (χ3n) is 4.32. The number of esters is 1. The molecule has 0 saturated carbocycles. The predicted octanol–water partition coefficient (Wildman–Crippen LogP) is 3.22. The lowest BCUT2D eigenvalue weighted by Gasteiger charge is -2.33. The van der Waals surface area contributed by atoms with Crippen LogP contribution in [0.5, 0.6) is 11.5 Å². The van der Waals surface area contributed by atoms with Crippen LogP contribution in [0.15, 0.2) is 18.2 Å². The first-order valence-electron chi connectivity index (χ1n) is 8.86. The summed E-state index contributed by atoms with van der Waals surface area (Å²) in [5.74, 6) is 1.06. The Kier molecular flexibility index (Phi) is 5.25. The number of amides is 1. The molecule has 0 atom stereocenters. The van der Waals surface area contributed by atoms with Crippen LogP contribution >= 0.6 is 0 Å². The van der Waals surface area contributed by atoms with Gasteiger partial charge in [-0.25, -0.2) is 9.59 Å². The third-order valence-corrected chi connectivity index (χ3v) is 4.32. The van der Waals surface area contributed by atoms with Crippen LogP contribution in [0.4, 0.5) is 4.79 Å². The number of fused-ring (bicyclic) bond motifs is 1. The Morgan fingerprint density at radius 2 is 1.85 bits per heavy atom. The van der Waals surface area contributed by atoms with E-state index in [1.807, 2.05) is 20.8 Å². The van der Waals surface area contributed by atoms with Crippen LogP contribution in [0.25, 0.3) is 0 Å². The maximum Gasteiger partial charge on any atom is 0.410 e. The summed E-state index contributed by atoms with van der Waals surface area (Å²) < 4.78 is 21.3. The summed E-state index contributed by atoms with van der Waals surface area (Å²) in [5.41, 5.74) is -0.0471. The minimum atomic E-state index is -0.492. The molecule has 1 amide bonds. The molecule has 2 aliphatic rings. The van der Waals surface area contributed by atoms with Crippen molar-refractivity contribution in [3.8, 4) is 11.5 Å². The van der Waals surface area contributed by atoms with Gasteiger partial charge in [-0.1, -0.05) is 0 Å². The molecule has 0 aromatic heterocycles. The fraction of sp³-hybridized carbons (Fsp3) is 0.579. The Morgan fingerprint density at radius 3 is 2.54 bits per heavy atom. The van der Waals surface area contributed by atoms with Gasteiger partial charge in [0, 0.05) is 13.1 Å². The Hall–Kier alpha value is -2.44. The zero-order valence-electron chi connectivity index (χ0n) is 15.4. The highest BCUT2D eigenvalue weighted by atomic mass is 16.7. The molecule has 0 N–H and O–H groups in total. The summed E-state index contributed by atoms with van der Waals surface area (Å²) in [6.45, 7) is 7.30. The van der Waals surface area contributed by atoms with E-state index in [0.717, 1.165) is 12.8 Å². The maximum atomic E-state index is 12.2. The molecule has 2 heterocycles. The van der Waals surface area contributed by atoms with Crippen molar-refractivity contribution in [1.29, 1.82) is 0 Å². The molecule has 142 valence electrons. The fourth-order valence-electron chi connectivity index (χ4n) is 2.91. The molecule has 7 nitrogen and oxygen atoms in total. The van der Waals surface area contributed by atoms with E-state index < -0.39 is 5.60 Å². The van der Waals surface area contributed by atoms with Crippen LogP contribution < -0.4 is 9.47 Å². The van der Waals surface area contributed by atoms with Crippen molar-refractivity contribution in [3.05, 3.63) is 23.8 Å². The minimum absolute atomic E-state index is 0.171. The van der Waals surface area contributed by atoms with Gasteiger partial charge in [0.05, 0.1) is 12.2 Å². The molecule has 0 radical (unpaired) electrons. The number of rotatable bonds is 3. The average molecular weight is 363 g/mol. The quantitative estimate of drug-likeness (QED) is 0.768. The van der Waals surface area contributed by atoms with Crippen molar-refractivity contribution >= 4 is 12.1 Å². The molecule has 0 spiro atoms. The van der Waals surface area contributed by atoms with E-state index in [-0.39, 0.29) is 24.8 Å². The zero-order chi connectivity index (χ0) is 18.7. The Bertz CT molecular complexity index is 673. The average Bonchev–Trinajstić information content (AvgIpc) is 3.06. The van der Waals surface area contributed by atoms with Crippen molar-refractivity contribution in [1.82, 2.24) is 4.90 Å². The zero-order valence-corrected chi connectivity index (χ0v) is 15.4. The van der Waals surface area contributed by atoms with Crippen LogP contribution in [0.1, 0.15) is 44.0 Å². The maximum absolute atomic E-state index is 12.2. The lowest BCUT2D eigenvalue weighted by Crippen LogP contribution is -2.42. The summed E-state index contributed by atoms with van der Waals surface area (Å²) in [7, 11) is 0. The SMILES string of the molecule is CC(C)(C)OC(=O)N1CCC(COC(=O)c2ccc3c(c2)OCO3)CC1. The molecule has 0 bridgehead atoms. The first kappa shape index (κ1) is 18.4. The first-order valence-corrected chi connectivity index (χ1v) is 8.86. The lowest BCUT2D eigenvalue weighted by atomic mass is 9.98.